The van der Waals surface area contributed by atoms with E-state index >= 15 is 0 Å². The van der Waals surface area contributed by atoms with Gasteiger partial charge in [0.1, 0.15) is 5.69 Å². The third-order valence-electron chi connectivity index (χ3n) is 5.64. The Morgan fingerprint density at radius 3 is 1.94 bits per heavy atom. The lowest BCUT2D eigenvalue weighted by atomic mass is 10.1. The molecule has 0 aromatic heterocycles. The first-order chi connectivity index (χ1) is 16.7. The van der Waals surface area contributed by atoms with E-state index in [0.29, 0.717) is 16.7 Å². The van der Waals surface area contributed by atoms with Crippen LogP contribution in [0.3, 0.4) is 0 Å². The number of rotatable bonds is 2. The third-order valence-corrected chi connectivity index (χ3v) is 5.64. The molecule has 6 aliphatic heterocycles. The summed E-state index contributed by atoms with van der Waals surface area (Å²) in [6.07, 6.45) is 12.6. The van der Waals surface area contributed by atoms with Gasteiger partial charge in [0, 0.05) is 40.8 Å². The molecule has 0 radical (unpaired) electrons. The van der Waals surface area contributed by atoms with Gasteiger partial charge < -0.3 is 0 Å². The number of hydrogen-bond donors (Lipinski definition) is 0. The largest absolute Gasteiger partial charge is 0.255 e. The van der Waals surface area contributed by atoms with E-state index in [-0.39, 0.29) is 0 Å². The first kappa shape index (κ1) is 19.8. The smallest absolute Gasteiger partial charge is 0.160 e. The number of aromatic nitrogens is 7. The third kappa shape index (κ3) is 3.36. The Morgan fingerprint density at radius 1 is 0.618 bits per heavy atom. The standard InChI is InChI=1S/C27H17N7/c1-16-13-31-26-24(16)18(5-3-9-28-26)11-20-7-8-21-22(33-34-23(21)15-30-20)12-19-6-4-10-29-27-25(19)17(2)14-32-27/h3-15H,1-2H2/b18-11+,19-12+. The zero-order valence-electron chi connectivity index (χ0n) is 18.1. The van der Waals surface area contributed by atoms with Crippen molar-refractivity contribution in [3.63, 3.8) is 0 Å². The Hall–Kier alpha value is -4.91. The van der Waals surface area contributed by atoms with Crippen LogP contribution in [-0.2, 0) is 0 Å². The Balaban J connectivity index is 1.55. The van der Waals surface area contributed by atoms with E-state index in [1.54, 1.807) is 31.0 Å². The van der Waals surface area contributed by atoms with E-state index < -0.39 is 0 Å². The highest BCUT2D eigenvalue weighted by Crippen LogP contribution is 2.21. The van der Waals surface area contributed by atoms with E-state index in [2.05, 4.69) is 48.3 Å². The minimum absolute atomic E-state index is 0.651. The molecular formula is C27H17N7. The Labute approximate surface area is 192 Å². The molecule has 7 heteroatoms. The minimum Gasteiger partial charge on any atom is -0.255 e. The molecule has 7 nitrogen and oxygen atoms in total. The fraction of sp³-hybridized carbons (Fsp3) is 0. The van der Waals surface area contributed by atoms with E-state index in [0.717, 1.165) is 48.3 Å². The molecule has 0 amide bonds. The van der Waals surface area contributed by atoms with Crippen molar-refractivity contribution in [1.29, 1.82) is 0 Å². The average Bonchev–Trinajstić information content (AvgIpc) is 3.33. The van der Waals surface area contributed by atoms with Gasteiger partial charge in [-0.25, -0.2) is 19.9 Å². The summed E-state index contributed by atoms with van der Waals surface area (Å²) in [4.78, 5) is 22.1. The molecule has 160 valence electrons. The summed E-state index contributed by atoms with van der Waals surface area (Å²) in [7, 11) is 0. The second-order valence-electron chi connectivity index (χ2n) is 7.84. The zero-order valence-corrected chi connectivity index (χ0v) is 18.1. The fourth-order valence-electron chi connectivity index (χ4n) is 4.04. The Kier molecular flexibility index (Phi) is 4.59. The van der Waals surface area contributed by atoms with Gasteiger partial charge in [0.05, 0.1) is 17.6 Å². The predicted octanol–water partition coefficient (Wildman–Crippen LogP) is 0.484. The highest BCUT2D eigenvalue weighted by atomic mass is 15.1. The van der Waals surface area contributed by atoms with Gasteiger partial charge in [-0.1, -0.05) is 25.3 Å². The average molecular weight is 439 g/mol. The summed E-state index contributed by atoms with van der Waals surface area (Å²) in [5.74, 6) is 0. The van der Waals surface area contributed by atoms with Crippen LogP contribution in [0.5, 0.6) is 0 Å². The Morgan fingerprint density at radius 2 is 1.26 bits per heavy atom. The van der Waals surface area contributed by atoms with Gasteiger partial charge in [-0.05, 0) is 57.3 Å². The quantitative estimate of drug-likeness (QED) is 0.388. The lowest BCUT2D eigenvalue weighted by molar-refractivity contribution is 1.08. The topological polar surface area (TPSA) is 90.2 Å². The molecule has 0 fully saturated rings. The highest BCUT2D eigenvalue weighted by Gasteiger charge is 2.11. The summed E-state index contributed by atoms with van der Waals surface area (Å²) in [5, 5.41) is 14.1. The van der Waals surface area contributed by atoms with E-state index in [4.69, 9.17) is 0 Å². The van der Waals surface area contributed by atoms with Crippen molar-refractivity contribution in [1.82, 2.24) is 35.1 Å². The summed E-state index contributed by atoms with van der Waals surface area (Å²) >= 11 is 0. The van der Waals surface area contributed by atoms with Gasteiger partial charge in [0.25, 0.3) is 0 Å². The summed E-state index contributed by atoms with van der Waals surface area (Å²) in [5.41, 5.74) is 4.42. The molecule has 6 rings (SSSR count). The van der Waals surface area contributed by atoms with Crippen molar-refractivity contribution in [3.05, 3.63) is 121 Å². The van der Waals surface area contributed by atoms with E-state index in [1.807, 2.05) is 48.6 Å². The number of fused-ring (bicyclic) bond motifs is 1. The molecule has 0 N–H and O–H groups in total. The number of hydrogen-bond acceptors (Lipinski definition) is 7. The second kappa shape index (κ2) is 7.90. The maximum absolute atomic E-state index is 4.63. The minimum atomic E-state index is 0.651. The first-order valence-corrected chi connectivity index (χ1v) is 10.6. The van der Waals surface area contributed by atoms with Crippen LogP contribution in [-0.4, -0.2) is 35.1 Å². The summed E-state index contributed by atoms with van der Waals surface area (Å²) in [6.45, 7) is 8.18. The predicted molar refractivity (Wildman–Crippen MR) is 128 cm³/mol. The molecule has 0 spiro atoms. The molecule has 0 saturated heterocycles. The molecule has 0 aliphatic carbocycles. The molecule has 6 aliphatic rings. The van der Waals surface area contributed by atoms with Gasteiger partial charge in [0.15, 0.2) is 11.0 Å². The van der Waals surface area contributed by atoms with Gasteiger partial charge in [-0.2, -0.15) is 0 Å². The zero-order chi connectivity index (χ0) is 23.1. The van der Waals surface area contributed by atoms with Crippen LogP contribution in [0, 0.1) is 21.4 Å². The van der Waals surface area contributed by atoms with Gasteiger partial charge >= 0.3 is 0 Å². The second-order valence-corrected chi connectivity index (χ2v) is 7.84. The lowest BCUT2D eigenvalue weighted by Crippen LogP contribution is -2.10. The number of nitrogens with zero attached hydrogens (tertiary/aromatic N) is 7. The molecule has 0 aromatic carbocycles. The molecule has 34 heavy (non-hydrogen) atoms. The SMILES string of the molecule is C=c1cnc2nccc/c(=C\c3ccc4c(/C=c5\cccnc6ncc(=C)c5=6)nnc-4cn3)c1=2. The summed E-state index contributed by atoms with van der Waals surface area (Å²) in [6, 6.07) is 11.7. The van der Waals surface area contributed by atoms with Crippen molar-refractivity contribution < 1.29 is 0 Å². The van der Waals surface area contributed by atoms with Crippen LogP contribution in [0.4, 0.5) is 0 Å². The molecule has 0 atom stereocenters. The van der Waals surface area contributed by atoms with Gasteiger partial charge in [0.2, 0.25) is 0 Å². The highest BCUT2D eigenvalue weighted by molar-refractivity contribution is 5.71. The summed E-state index contributed by atoms with van der Waals surface area (Å²) < 4.78 is 0. The van der Waals surface area contributed by atoms with Crippen molar-refractivity contribution in [3.8, 4) is 11.3 Å². The van der Waals surface area contributed by atoms with Crippen LogP contribution >= 0.6 is 0 Å². The fourth-order valence-corrected chi connectivity index (χ4v) is 4.04. The molecule has 0 unspecified atom stereocenters. The molecule has 6 heterocycles. The molecule has 0 saturated carbocycles. The van der Waals surface area contributed by atoms with Crippen LogP contribution in [0.15, 0.2) is 67.4 Å². The maximum atomic E-state index is 4.63. The van der Waals surface area contributed by atoms with E-state index in [1.165, 1.54) is 0 Å². The van der Waals surface area contributed by atoms with Crippen molar-refractivity contribution >= 4 is 25.3 Å². The Bertz CT molecular complexity index is 2020. The maximum Gasteiger partial charge on any atom is 0.160 e. The van der Waals surface area contributed by atoms with Crippen LogP contribution in [0.2, 0.25) is 0 Å². The van der Waals surface area contributed by atoms with Crippen molar-refractivity contribution in [2.45, 2.75) is 0 Å². The van der Waals surface area contributed by atoms with E-state index in [9.17, 15) is 0 Å². The van der Waals surface area contributed by atoms with Crippen LogP contribution in [0.1, 0.15) is 11.4 Å². The van der Waals surface area contributed by atoms with Crippen LogP contribution < -0.4 is 20.9 Å². The molecular weight excluding hydrogens is 422 g/mol. The van der Waals surface area contributed by atoms with Gasteiger partial charge in [-0.15, -0.1) is 10.2 Å². The molecule has 0 bridgehead atoms. The van der Waals surface area contributed by atoms with Crippen molar-refractivity contribution in [2.24, 2.45) is 0 Å². The van der Waals surface area contributed by atoms with Crippen LogP contribution in [0.25, 0.3) is 36.6 Å². The molecule has 0 aromatic rings. The lowest BCUT2D eigenvalue weighted by Gasteiger charge is -1.90. The normalized spacial score (nSPS) is 12.7. The van der Waals surface area contributed by atoms with Gasteiger partial charge in [-0.3, -0.25) is 4.98 Å². The first-order valence-electron chi connectivity index (χ1n) is 10.6. The van der Waals surface area contributed by atoms with Crippen molar-refractivity contribution in [2.75, 3.05) is 0 Å². The monoisotopic (exact) mass is 439 g/mol.